The van der Waals surface area contributed by atoms with Crippen LogP contribution >= 0.6 is 0 Å². The molecule has 2 fully saturated rings. The maximum atomic E-state index is 13.8. The van der Waals surface area contributed by atoms with Crippen LogP contribution in [-0.4, -0.2) is 71.9 Å². The van der Waals surface area contributed by atoms with E-state index < -0.39 is 10.0 Å². The summed E-state index contributed by atoms with van der Waals surface area (Å²) >= 11 is 0. The van der Waals surface area contributed by atoms with Crippen LogP contribution in [0.2, 0.25) is 0 Å². The van der Waals surface area contributed by atoms with Gasteiger partial charge in [-0.3, -0.25) is 14.3 Å². The summed E-state index contributed by atoms with van der Waals surface area (Å²) in [6.45, 7) is 6.10. The molecule has 200 valence electrons. The topological polar surface area (TPSA) is 95.8 Å². The smallest absolute Gasteiger partial charge is 0.248 e. The Hall–Kier alpha value is -2.72. The largest absolute Gasteiger partial charge is 0.342 e. The van der Waals surface area contributed by atoms with Gasteiger partial charge in [-0.05, 0) is 57.6 Å². The third-order valence-corrected chi connectivity index (χ3v) is 10.2. The number of aryl methyl sites for hydroxylation is 1. The van der Waals surface area contributed by atoms with E-state index in [0.29, 0.717) is 37.3 Å². The molecule has 9 nitrogen and oxygen atoms in total. The lowest BCUT2D eigenvalue weighted by Gasteiger charge is -2.34. The quantitative estimate of drug-likeness (QED) is 0.596. The number of carbonyl (C=O) groups excluding carboxylic acids is 2. The number of piperidine rings is 1. The third-order valence-electron chi connectivity index (χ3n) is 8.04. The molecule has 37 heavy (non-hydrogen) atoms. The number of nitrogens with zero attached hydrogens (tertiary/aromatic N) is 5. The van der Waals surface area contributed by atoms with Gasteiger partial charge in [-0.1, -0.05) is 31.0 Å². The van der Waals surface area contributed by atoms with E-state index in [1.54, 1.807) is 18.7 Å². The van der Waals surface area contributed by atoms with Gasteiger partial charge >= 0.3 is 0 Å². The standard InChI is InChI=1S/C27H37N5O4S/c1-20-26(21(2)32(28-20)19-25(33)31-17-13-22-10-5-6-12-24(22)31)37(35,36)30-16-9-11-23(18-30)27(34)29-14-7-3-4-8-15-29/h5-6,10,12,23H,3-4,7-9,11,13-19H2,1-2H3/t23-/m1/s1. The van der Waals surface area contributed by atoms with E-state index in [1.165, 1.54) is 8.99 Å². The van der Waals surface area contributed by atoms with Crippen molar-refractivity contribution in [2.24, 2.45) is 5.92 Å². The SMILES string of the molecule is Cc1nn(CC(=O)N2CCc3ccccc32)c(C)c1S(=O)(=O)N1CCC[C@@H](C(=O)N2CCCCCC2)C1. The molecule has 2 amide bonds. The van der Waals surface area contributed by atoms with Crippen molar-refractivity contribution in [1.82, 2.24) is 19.0 Å². The van der Waals surface area contributed by atoms with E-state index in [2.05, 4.69) is 5.10 Å². The number of amides is 2. The van der Waals surface area contributed by atoms with Crippen molar-refractivity contribution < 1.29 is 18.0 Å². The van der Waals surface area contributed by atoms with Crippen LogP contribution in [0.4, 0.5) is 5.69 Å². The molecular formula is C27H37N5O4S. The summed E-state index contributed by atoms with van der Waals surface area (Å²) in [4.78, 5) is 30.2. The number of fused-ring (bicyclic) bond motifs is 1. The molecule has 10 heteroatoms. The fourth-order valence-electron chi connectivity index (χ4n) is 6.06. The van der Waals surface area contributed by atoms with Crippen LogP contribution in [0, 0.1) is 19.8 Å². The summed E-state index contributed by atoms with van der Waals surface area (Å²) in [5.41, 5.74) is 2.89. The highest BCUT2D eigenvalue weighted by Gasteiger charge is 2.38. The van der Waals surface area contributed by atoms with Crippen molar-refractivity contribution in [3.8, 4) is 0 Å². The summed E-state index contributed by atoms with van der Waals surface area (Å²) < 4.78 is 30.6. The number of rotatable bonds is 5. The second kappa shape index (κ2) is 10.6. The minimum absolute atomic E-state index is 0.0212. The number of likely N-dealkylation sites (tertiary alicyclic amines) is 1. The van der Waals surface area contributed by atoms with Crippen molar-refractivity contribution in [2.75, 3.05) is 37.6 Å². The summed E-state index contributed by atoms with van der Waals surface area (Å²) in [5.74, 6) is -0.336. The molecule has 0 aliphatic carbocycles. The highest BCUT2D eigenvalue weighted by atomic mass is 32.2. The van der Waals surface area contributed by atoms with Gasteiger partial charge in [-0.25, -0.2) is 8.42 Å². The first-order valence-corrected chi connectivity index (χ1v) is 14.9. The first kappa shape index (κ1) is 25.9. The number of para-hydroxylation sites is 1. The molecule has 0 radical (unpaired) electrons. The fourth-order valence-corrected chi connectivity index (χ4v) is 7.96. The third kappa shape index (κ3) is 5.05. The van der Waals surface area contributed by atoms with Crippen LogP contribution in [-0.2, 0) is 32.6 Å². The van der Waals surface area contributed by atoms with E-state index in [-0.39, 0.29) is 35.7 Å². The molecule has 5 rings (SSSR count). The first-order chi connectivity index (χ1) is 17.8. The molecule has 0 spiro atoms. The Kier molecular flexibility index (Phi) is 7.40. The maximum Gasteiger partial charge on any atom is 0.248 e. The molecule has 2 aromatic rings. The molecule has 1 aromatic heterocycles. The molecular weight excluding hydrogens is 490 g/mol. The van der Waals surface area contributed by atoms with Gasteiger partial charge in [0.25, 0.3) is 0 Å². The Balaban J connectivity index is 1.32. The Morgan fingerprint density at radius 3 is 2.46 bits per heavy atom. The van der Waals surface area contributed by atoms with Gasteiger partial charge in [0.2, 0.25) is 21.8 Å². The zero-order valence-electron chi connectivity index (χ0n) is 21.9. The zero-order chi connectivity index (χ0) is 26.2. The van der Waals surface area contributed by atoms with Gasteiger partial charge in [0.1, 0.15) is 11.4 Å². The monoisotopic (exact) mass is 527 g/mol. The molecule has 0 N–H and O–H groups in total. The Morgan fingerprint density at radius 2 is 1.70 bits per heavy atom. The summed E-state index contributed by atoms with van der Waals surface area (Å²) in [5, 5.41) is 4.46. The van der Waals surface area contributed by atoms with Gasteiger partial charge in [0.15, 0.2) is 0 Å². The number of carbonyl (C=O) groups is 2. The minimum Gasteiger partial charge on any atom is -0.342 e. The number of benzene rings is 1. The molecule has 0 unspecified atom stereocenters. The molecule has 3 aliphatic rings. The van der Waals surface area contributed by atoms with Gasteiger partial charge in [-0.2, -0.15) is 9.40 Å². The van der Waals surface area contributed by atoms with Crippen LogP contribution < -0.4 is 4.90 Å². The molecule has 1 atom stereocenters. The molecule has 1 aromatic carbocycles. The maximum absolute atomic E-state index is 13.8. The second-order valence-corrected chi connectivity index (χ2v) is 12.4. The average Bonchev–Trinajstić information content (AvgIpc) is 3.31. The summed E-state index contributed by atoms with van der Waals surface area (Å²) in [6.07, 6.45) is 6.49. The minimum atomic E-state index is -3.86. The number of aromatic nitrogens is 2. The summed E-state index contributed by atoms with van der Waals surface area (Å²) in [6, 6.07) is 7.86. The molecule has 4 heterocycles. The number of hydrogen-bond donors (Lipinski definition) is 0. The van der Waals surface area contributed by atoms with Crippen LogP contribution in [0.25, 0.3) is 0 Å². The Bertz CT molecular complexity index is 1280. The van der Waals surface area contributed by atoms with Crippen LogP contribution in [0.5, 0.6) is 0 Å². The summed E-state index contributed by atoms with van der Waals surface area (Å²) in [7, 11) is -3.86. The lowest BCUT2D eigenvalue weighted by Crippen LogP contribution is -2.47. The fraction of sp³-hybridized carbons (Fsp3) is 0.593. The Morgan fingerprint density at radius 1 is 0.973 bits per heavy atom. The predicted molar refractivity (Wildman–Crippen MR) is 141 cm³/mol. The van der Waals surface area contributed by atoms with E-state index in [9.17, 15) is 18.0 Å². The normalized spacial score (nSPS) is 21.1. The molecule has 0 saturated carbocycles. The second-order valence-electron chi connectivity index (χ2n) is 10.5. The van der Waals surface area contributed by atoms with Gasteiger partial charge in [0, 0.05) is 38.4 Å². The van der Waals surface area contributed by atoms with Crippen LogP contribution in [0.15, 0.2) is 29.2 Å². The molecule has 0 bridgehead atoms. The van der Waals surface area contributed by atoms with E-state index in [4.69, 9.17) is 0 Å². The zero-order valence-corrected chi connectivity index (χ0v) is 22.7. The van der Waals surface area contributed by atoms with E-state index in [0.717, 1.165) is 56.4 Å². The van der Waals surface area contributed by atoms with Gasteiger partial charge in [0.05, 0.1) is 17.3 Å². The van der Waals surface area contributed by atoms with E-state index in [1.807, 2.05) is 29.2 Å². The lowest BCUT2D eigenvalue weighted by molar-refractivity contribution is -0.136. The average molecular weight is 528 g/mol. The first-order valence-electron chi connectivity index (χ1n) is 13.5. The highest BCUT2D eigenvalue weighted by Crippen LogP contribution is 2.30. The van der Waals surface area contributed by atoms with Crippen molar-refractivity contribution in [3.05, 3.63) is 41.2 Å². The van der Waals surface area contributed by atoms with Gasteiger partial charge in [-0.15, -0.1) is 0 Å². The predicted octanol–water partition coefficient (Wildman–Crippen LogP) is 2.89. The van der Waals surface area contributed by atoms with Crippen molar-refractivity contribution in [3.63, 3.8) is 0 Å². The lowest BCUT2D eigenvalue weighted by atomic mass is 9.98. The molecule has 3 aliphatic heterocycles. The van der Waals surface area contributed by atoms with Crippen molar-refractivity contribution >= 4 is 27.5 Å². The van der Waals surface area contributed by atoms with E-state index >= 15 is 0 Å². The van der Waals surface area contributed by atoms with Crippen LogP contribution in [0.3, 0.4) is 0 Å². The number of hydrogen-bond acceptors (Lipinski definition) is 5. The molecule has 2 saturated heterocycles. The van der Waals surface area contributed by atoms with Crippen LogP contribution in [0.1, 0.15) is 55.5 Å². The number of anilines is 1. The van der Waals surface area contributed by atoms with Gasteiger partial charge < -0.3 is 9.80 Å². The van der Waals surface area contributed by atoms with Crippen molar-refractivity contribution in [2.45, 2.75) is 70.2 Å². The number of sulfonamides is 1. The highest BCUT2D eigenvalue weighted by molar-refractivity contribution is 7.89. The Labute approximate surface area is 219 Å². The van der Waals surface area contributed by atoms with Crippen molar-refractivity contribution in [1.29, 1.82) is 0 Å².